The number of aromatic nitrogens is 2. The standard InChI is InChI=1S/C19H23N5O4S/c1-2-3-8-20-19(26)24-9-4-5-13(24)16(25)21-18-23-22-17(29-18)12-6-7-14-15(10-12)28-11-27-14/h6-7,10,13H,2-5,8-9,11H2,1H3,(H,20,26)(H,21,23,25)/t13-/m1/s1. The van der Waals surface area contributed by atoms with Gasteiger partial charge in [-0.2, -0.15) is 0 Å². The number of fused-ring (bicyclic) bond motifs is 1. The van der Waals surface area contributed by atoms with Gasteiger partial charge in [-0.05, 0) is 37.5 Å². The number of hydrogen-bond acceptors (Lipinski definition) is 7. The van der Waals surface area contributed by atoms with Crippen LogP contribution in [0.25, 0.3) is 10.6 Å². The SMILES string of the molecule is CCCCNC(=O)N1CCC[C@@H]1C(=O)Nc1nnc(-c2ccc3c(c2)OCO3)s1. The van der Waals surface area contributed by atoms with Crippen molar-refractivity contribution in [3.63, 3.8) is 0 Å². The fourth-order valence-electron chi connectivity index (χ4n) is 3.36. The van der Waals surface area contributed by atoms with E-state index in [0.29, 0.717) is 41.1 Å². The third kappa shape index (κ3) is 4.26. The highest BCUT2D eigenvalue weighted by atomic mass is 32.1. The molecule has 1 aromatic carbocycles. The van der Waals surface area contributed by atoms with Crippen molar-refractivity contribution in [3.8, 4) is 22.1 Å². The topological polar surface area (TPSA) is 106 Å². The van der Waals surface area contributed by atoms with Gasteiger partial charge in [0.05, 0.1) is 0 Å². The van der Waals surface area contributed by atoms with Crippen LogP contribution in [-0.2, 0) is 4.79 Å². The van der Waals surface area contributed by atoms with E-state index >= 15 is 0 Å². The van der Waals surface area contributed by atoms with Gasteiger partial charge in [0.1, 0.15) is 11.0 Å². The number of amides is 3. The second-order valence-corrected chi connectivity index (χ2v) is 7.88. The molecule has 2 aliphatic heterocycles. The zero-order valence-corrected chi connectivity index (χ0v) is 17.0. The lowest BCUT2D eigenvalue weighted by atomic mass is 10.2. The molecule has 9 nitrogen and oxygen atoms in total. The van der Waals surface area contributed by atoms with E-state index in [0.717, 1.165) is 24.8 Å². The summed E-state index contributed by atoms with van der Waals surface area (Å²) in [5.41, 5.74) is 0.838. The molecule has 2 aliphatic rings. The normalized spacial score (nSPS) is 17.4. The number of anilines is 1. The predicted octanol–water partition coefficient (Wildman–Crippen LogP) is 2.85. The molecule has 4 rings (SSSR count). The lowest BCUT2D eigenvalue weighted by Crippen LogP contribution is -2.47. The molecule has 2 N–H and O–H groups in total. The van der Waals surface area contributed by atoms with Crippen molar-refractivity contribution in [3.05, 3.63) is 18.2 Å². The third-order valence-corrected chi connectivity index (χ3v) is 5.79. The van der Waals surface area contributed by atoms with Gasteiger partial charge in [0.2, 0.25) is 17.8 Å². The van der Waals surface area contributed by atoms with Crippen LogP contribution < -0.4 is 20.1 Å². The molecule has 1 aromatic heterocycles. The minimum atomic E-state index is -0.491. The van der Waals surface area contributed by atoms with Gasteiger partial charge in [0.15, 0.2) is 11.5 Å². The van der Waals surface area contributed by atoms with E-state index in [1.165, 1.54) is 11.3 Å². The predicted molar refractivity (Wildman–Crippen MR) is 108 cm³/mol. The summed E-state index contributed by atoms with van der Waals surface area (Å²) >= 11 is 1.28. The van der Waals surface area contributed by atoms with Crippen LogP contribution in [0.4, 0.5) is 9.93 Å². The molecule has 10 heteroatoms. The molecule has 3 amide bonds. The molecule has 1 atom stereocenters. The summed E-state index contributed by atoms with van der Waals surface area (Å²) in [6.07, 6.45) is 3.37. The van der Waals surface area contributed by atoms with E-state index < -0.39 is 6.04 Å². The number of ether oxygens (including phenoxy) is 2. The fourth-order valence-corrected chi connectivity index (χ4v) is 4.11. The molecule has 0 bridgehead atoms. The minimum Gasteiger partial charge on any atom is -0.454 e. The van der Waals surface area contributed by atoms with E-state index in [2.05, 4.69) is 27.8 Å². The van der Waals surface area contributed by atoms with Crippen LogP contribution in [0, 0.1) is 0 Å². The molecule has 154 valence electrons. The lowest BCUT2D eigenvalue weighted by molar-refractivity contribution is -0.119. The molecule has 29 heavy (non-hydrogen) atoms. The Morgan fingerprint density at radius 1 is 1.28 bits per heavy atom. The van der Waals surface area contributed by atoms with Crippen molar-refractivity contribution in [1.29, 1.82) is 0 Å². The summed E-state index contributed by atoms with van der Waals surface area (Å²) in [4.78, 5) is 26.7. The number of benzene rings is 1. The third-order valence-electron chi connectivity index (χ3n) is 4.90. The zero-order chi connectivity index (χ0) is 20.2. The summed E-state index contributed by atoms with van der Waals surface area (Å²) < 4.78 is 10.7. The molecule has 2 aromatic rings. The Hall–Kier alpha value is -2.88. The second-order valence-electron chi connectivity index (χ2n) is 6.91. The zero-order valence-electron chi connectivity index (χ0n) is 16.1. The van der Waals surface area contributed by atoms with Gasteiger partial charge in [-0.3, -0.25) is 10.1 Å². The van der Waals surface area contributed by atoms with Gasteiger partial charge in [-0.25, -0.2) is 4.79 Å². The first-order valence-corrected chi connectivity index (χ1v) is 10.6. The molecule has 0 spiro atoms. The maximum atomic E-state index is 12.7. The molecule has 1 fully saturated rings. The summed E-state index contributed by atoms with van der Waals surface area (Å²) in [6, 6.07) is 4.86. The van der Waals surface area contributed by atoms with Crippen molar-refractivity contribution >= 4 is 28.4 Å². The first kappa shape index (κ1) is 19.4. The Bertz CT molecular complexity index is 902. The van der Waals surface area contributed by atoms with Crippen molar-refractivity contribution in [2.75, 3.05) is 25.2 Å². The summed E-state index contributed by atoms with van der Waals surface area (Å²) in [6.45, 7) is 3.47. The number of hydrogen-bond donors (Lipinski definition) is 2. The van der Waals surface area contributed by atoms with E-state index in [9.17, 15) is 9.59 Å². The average Bonchev–Trinajstić information content (AvgIpc) is 3.47. The average molecular weight is 417 g/mol. The molecule has 0 radical (unpaired) electrons. The van der Waals surface area contributed by atoms with Crippen LogP contribution in [0.1, 0.15) is 32.6 Å². The minimum absolute atomic E-state index is 0.186. The van der Waals surface area contributed by atoms with Crippen LogP contribution in [0.15, 0.2) is 18.2 Å². The smallest absolute Gasteiger partial charge is 0.318 e. The molecule has 3 heterocycles. The highest BCUT2D eigenvalue weighted by molar-refractivity contribution is 7.18. The number of carbonyl (C=O) groups is 2. The van der Waals surface area contributed by atoms with Gasteiger partial charge < -0.3 is 19.7 Å². The fraction of sp³-hybridized carbons (Fsp3) is 0.474. The highest BCUT2D eigenvalue weighted by Crippen LogP contribution is 2.37. The van der Waals surface area contributed by atoms with Gasteiger partial charge in [-0.1, -0.05) is 24.7 Å². The number of unbranched alkanes of at least 4 members (excludes halogenated alkanes) is 1. The first-order valence-electron chi connectivity index (χ1n) is 9.74. The molecule has 0 saturated carbocycles. The second kappa shape index (κ2) is 8.64. The Kier molecular flexibility index (Phi) is 5.79. The van der Waals surface area contributed by atoms with E-state index in [1.807, 2.05) is 18.2 Å². The van der Waals surface area contributed by atoms with Crippen molar-refractivity contribution in [2.24, 2.45) is 0 Å². The van der Waals surface area contributed by atoms with E-state index in [1.54, 1.807) is 4.90 Å². The number of carbonyl (C=O) groups excluding carboxylic acids is 2. The van der Waals surface area contributed by atoms with Gasteiger partial charge >= 0.3 is 6.03 Å². The summed E-state index contributed by atoms with van der Waals surface area (Å²) in [5, 5.41) is 15.0. The number of urea groups is 1. The molecule has 0 aliphatic carbocycles. The lowest BCUT2D eigenvalue weighted by Gasteiger charge is -2.23. The van der Waals surface area contributed by atoms with Gasteiger partial charge in [0, 0.05) is 18.7 Å². The van der Waals surface area contributed by atoms with Crippen LogP contribution in [0.3, 0.4) is 0 Å². The van der Waals surface area contributed by atoms with Crippen molar-refractivity contribution in [1.82, 2.24) is 20.4 Å². The number of nitrogens with zero attached hydrogens (tertiary/aromatic N) is 3. The highest BCUT2D eigenvalue weighted by Gasteiger charge is 2.34. The van der Waals surface area contributed by atoms with Crippen molar-refractivity contribution < 1.29 is 19.1 Å². The van der Waals surface area contributed by atoms with E-state index in [4.69, 9.17) is 9.47 Å². The monoisotopic (exact) mass is 417 g/mol. The van der Waals surface area contributed by atoms with E-state index in [-0.39, 0.29) is 18.7 Å². The number of likely N-dealkylation sites (tertiary alicyclic amines) is 1. The van der Waals surface area contributed by atoms with Gasteiger partial charge in [0.25, 0.3) is 0 Å². The Labute approximate surface area is 172 Å². The quantitative estimate of drug-likeness (QED) is 0.700. The van der Waals surface area contributed by atoms with Crippen LogP contribution in [0.2, 0.25) is 0 Å². The van der Waals surface area contributed by atoms with Crippen LogP contribution >= 0.6 is 11.3 Å². The Balaban J connectivity index is 1.39. The molecular weight excluding hydrogens is 394 g/mol. The molecular formula is C19H23N5O4S. The summed E-state index contributed by atoms with van der Waals surface area (Å²) in [7, 11) is 0. The van der Waals surface area contributed by atoms with Crippen LogP contribution in [0.5, 0.6) is 11.5 Å². The molecule has 0 unspecified atom stereocenters. The largest absolute Gasteiger partial charge is 0.454 e. The summed E-state index contributed by atoms with van der Waals surface area (Å²) in [5.74, 6) is 1.13. The number of rotatable bonds is 6. The molecule has 1 saturated heterocycles. The van der Waals surface area contributed by atoms with Crippen LogP contribution in [-0.4, -0.2) is 53.0 Å². The Morgan fingerprint density at radius 2 is 2.14 bits per heavy atom. The maximum absolute atomic E-state index is 12.7. The maximum Gasteiger partial charge on any atom is 0.318 e. The first-order chi connectivity index (χ1) is 14.2. The Morgan fingerprint density at radius 3 is 3.00 bits per heavy atom. The number of nitrogens with one attached hydrogen (secondary N) is 2. The van der Waals surface area contributed by atoms with Crippen molar-refractivity contribution in [2.45, 2.75) is 38.6 Å². The van der Waals surface area contributed by atoms with Gasteiger partial charge in [-0.15, -0.1) is 10.2 Å².